The van der Waals surface area contributed by atoms with Crippen molar-refractivity contribution in [1.29, 1.82) is 0 Å². The van der Waals surface area contributed by atoms with Crippen LogP contribution in [0, 0.1) is 0 Å². The van der Waals surface area contributed by atoms with Crippen molar-refractivity contribution >= 4 is 33.4 Å². The van der Waals surface area contributed by atoms with E-state index in [2.05, 4.69) is 10.3 Å². The summed E-state index contributed by atoms with van der Waals surface area (Å²) >= 11 is 1.64. The minimum Gasteiger partial charge on any atom is -0.481 e. The maximum atomic E-state index is 12.1. The molecular weight excluding hydrogens is 328 g/mol. The number of benzene rings is 1. The molecule has 1 aromatic heterocycles. The van der Waals surface area contributed by atoms with Gasteiger partial charge in [-0.05, 0) is 31.9 Å². The Balaban J connectivity index is 1.84. The van der Waals surface area contributed by atoms with Crippen LogP contribution in [0.15, 0.2) is 24.3 Å². The molecule has 6 nitrogen and oxygen atoms in total. The second-order valence-electron chi connectivity index (χ2n) is 6.04. The third-order valence-electron chi connectivity index (χ3n) is 3.58. The van der Waals surface area contributed by atoms with Crippen molar-refractivity contribution in [2.45, 2.75) is 38.1 Å². The largest absolute Gasteiger partial charge is 0.481 e. The highest BCUT2D eigenvalue weighted by molar-refractivity contribution is 7.18. The van der Waals surface area contributed by atoms with E-state index in [1.165, 1.54) is 7.11 Å². The maximum absolute atomic E-state index is 12.1. The molecule has 2 aromatic rings. The Morgan fingerprint density at radius 1 is 1.38 bits per heavy atom. The number of thiazole rings is 1. The molecule has 0 aliphatic heterocycles. The van der Waals surface area contributed by atoms with Gasteiger partial charge in [-0.25, -0.2) is 4.98 Å². The minimum absolute atomic E-state index is 0.156. The highest BCUT2D eigenvalue weighted by atomic mass is 32.1. The highest BCUT2D eigenvalue weighted by Gasteiger charge is 2.29. The molecule has 0 bridgehead atoms. The van der Waals surface area contributed by atoms with Gasteiger partial charge >= 0.3 is 5.97 Å². The van der Waals surface area contributed by atoms with Crippen molar-refractivity contribution in [1.82, 2.24) is 10.3 Å². The van der Waals surface area contributed by atoms with E-state index in [0.717, 1.165) is 21.6 Å². The van der Waals surface area contributed by atoms with Crippen LogP contribution < -0.4 is 5.32 Å². The quantitative estimate of drug-likeness (QED) is 0.726. The zero-order valence-electron chi connectivity index (χ0n) is 13.9. The summed E-state index contributed by atoms with van der Waals surface area (Å²) in [5.41, 5.74) is 0.0872. The van der Waals surface area contributed by atoms with E-state index in [0.29, 0.717) is 12.8 Å². The molecule has 0 aliphatic carbocycles. The topological polar surface area (TPSA) is 88.5 Å². The molecular formula is C17H22N2O4S. The van der Waals surface area contributed by atoms with E-state index in [4.69, 9.17) is 9.84 Å². The lowest BCUT2D eigenvalue weighted by Crippen LogP contribution is -2.50. The molecule has 1 heterocycles. The second-order valence-corrected chi connectivity index (χ2v) is 7.16. The molecule has 0 fully saturated rings. The summed E-state index contributed by atoms with van der Waals surface area (Å²) in [7, 11) is 1.49. The van der Waals surface area contributed by atoms with Crippen molar-refractivity contribution in [3.05, 3.63) is 29.3 Å². The number of nitrogens with one attached hydrogen (secondary N) is 1. The van der Waals surface area contributed by atoms with Crippen molar-refractivity contribution in [2.24, 2.45) is 0 Å². The predicted octanol–water partition coefficient (Wildman–Crippen LogP) is 2.62. The molecule has 0 radical (unpaired) electrons. The van der Waals surface area contributed by atoms with Crippen molar-refractivity contribution in [3.63, 3.8) is 0 Å². The van der Waals surface area contributed by atoms with Gasteiger partial charge in [-0.3, -0.25) is 9.59 Å². The smallest absolute Gasteiger partial charge is 0.305 e. The normalized spacial score (nSPS) is 13.6. The summed E-state index contributed by atoms with van der Waals surface area (Å²) in [4.78, 5) is 27.6. The number of carboxylic acids is 1. The zero-order chi connectivity index (χ0) is 17.6. The molecule has 7 heteroatoms. The summed E-state index contributed by atoms with van der Waals surface area (Å²) in [5, 5.41) is 12.8. The lowest BCUT2D eigenvalue weighted by atomic mass is 9.98. The van der Waals surface area contributed by atoms with Crippen LogP contribution in [0.4, 0.5) is 0 Å². The first-order valence-electron chi connectivity index (χ1n) is 7.78. The number of carbonyl (C=O) groups excluding carboxylic acids is 1. The van der Waals surface area contributed by atoms with E-state index in [1.807, 2.05) is 24.3 Å². The number of hydrogen-bond acceptors (Lipinski definition) is 5. The van der Waals surface area contributed by atoms with Crippen molar-refractivity contribution in [2.75, 3.05) is 13.7 Å². The monoisotopic (exact) mass is 350 g/mol. The van der Waals surface area contributed by atoms with Crippen molar-refractivity contribution in [3.8, 4) is 0 Å². The van der Waals surface area contributed by atoms with Gasteiger partial charge in [0.05, 0.1) is 33.8 Å². The third kappa shape index (κ3) is 5.28. The number of aryl methyl sites for hydroxylation is 1. The number of aliphatic carboxylic acids is 1. The Morgan fingerprint density at radius 3 is 2.79 bits per heavy atom. The van der Waals surface area contributed by atoms with Gasteiger partial charge in [0.2, 0.25) is 5.91 Å². The predicted molar refractivity (Wildman–Crippen MR) is 93.2 cm³/mol. The van der Waals surface area contributed by atoms with Gasteiger partial charge < -0.3 is 15.2 Å². The molecule has 1 unspecified atom stereocenters. The van der Waals surface area contributed by atoms with E-state index in [1.54, 1.807) is 18.3 Å². The first-order chi connectivity index (χ1) is 11.4. The van der Waals surface area contributed by atoms with Gasteiger partial charge in [0, 0.05) is 13.5 Å². The highest BCUT2D eigenvalue weighted by Crippen LogP contribution is 2.22. The summed E-state index contributed by atoms with van der Waals surface area (Å²) in [6, 6.07) is 7.95. The lowest BCUT2D eigenvalue weighted by Gasteiger charge is -2.28. The van der Waals surface area contributed by atoms with Crippen LogP contribution in [0.25, 0.3) is 10.2 Å². The first kappa shape index (κ1) is 18.4. The summed E-state index contributed by atoms with van der Waals surface area (Å²) in [6.07, 6.45) is 1.55. The van der Waals surface area contributed by atoms with E-state index in [9.17, 15) is 9.59 Å². The van der Waals surface area contributed by atoms with Gasteiger partial charge in [-0.15, -0.1) is 11.3 Å². The molecule has 130 valence electrons. The van der Waals surface area contributed by atoms with E-state index in [-0.39, 0.29) is 18.9 Å². The molecule has 0 saturated heterocycles. The number of methoxy groups -OCH3 is 1. The number of carboxylic acid groups (broad SMARTS) is 1. The van der Waals surface area contributed by atoms with Crippen LogP contribution in [0.2, 0.25) is 0 Å². The summed E-state index contributed by atoms with van der Waals surface area (Å²) in [5.74, 6) is -1.14. The van der Waals surface area contributed by atoms with Crippen LogP contribution >= 0.6 is 11.3 Å². The van der Waals surface area contributed by atoms with Gasteiger partial charge in [-0.1, -0.05) is 12.1 Å². The van der Waals surface area contributed by atoms with E-state index >= 15 is 0 Å². The number of fused-ring (bicyclic) bond motifs is 1. The summed E-state index contributed by atoms with van der Waals surface area (Å²) < 4.78 is 6.17. The minimum atomic E-state index is -0.968. The van der Waals surface area contributed by atoms with Gasteiger partial charge in [0.1, 0.15) is 0 Å². The van der Waals surface area contributed by atoms with Crippen LogP contribution in [-0.2, 0) is 20.7 Å². The van der Waals surface area contributed by atoms with Crippen molar-refractivity contribution < 1.29 is 19.4 Å². The van der Waals surface area contributed by atoms with Crippen LogP contribution in [-0.4, -0.2) is 41.2 Å². The number of carbonyl (C=O) groups is 2. The number of para-hydroxylation sites is 1. The Bertz CT molecular complexity index is 682. The standard InChI is InChI=1S/C17H22N2O4S/c1-17(11-23-2,10-16(21)22)19-14(20)8-5-9-15-18-12-6-3-4-7-13(12)24-15/h3-4,6-7H,5,8-11H2,1-2H3,(H,19,20)(H,21,22). The average molecular weight is 350 g/mol. The SMILES string of the molecule is COCC(C)(CC(=O)O)NC(=O)CCCc1nc2ccccc2s1. The molecule has 1 aromatic carbocycles. The lowest BCUT2D eigenvalue weighted by molar-refractivity contribution is -0.139. The first-order valence-corrected chi connectivity index (χ1v) is 8.60. The Labute approximate surface area is 144 Å². The van der Waals surface area contributed by atoms with Gasteiger partial charge in [0.15, 0.2) is 0 Å². The molecule has 2 rings (SSSR count). The number of ether oxygens (including phenoxy) is 1. The Morgan fingerprint density at radius 2 is 2.12 bits per heavy atom. The molecule has 24 heavy (non-hydrogen) atoms. The van der Waals surface area contributed by atoms with Gasteiger partial charge in [0.25, 0.3) is 0 Å². The number of amides is 1. The third-order valence-corrected chi connectivity index (χ3v) is 4.67. The van der Waals surface area contributed by atoms with E-state index < -0.39 is 11.5 Å². The number of aromatic nitrogens is 1. The van der Waals surface area contributed by atoms with Crippen LogP contribution in [0.1, 0.15) is 31.2 Å². The molecule has 1 amide bonds. The molecule has 0 spiro atoms. The zero-order valence-corrected chi connectivity index (χ0v) is 14.7. The summed E-state index contributed by atoms with van der Waals surface area (Å²) in [6.45, 7) is 1.83. The maximum Gasteiger partial charge on any atom is 0.305 e. The molecule has 1 atom stereocenters. The fourth-order valence-corrected chi connectivity index (χ4v) is 3.62. The van der Waals surface area contributed by atoms with Gasteiger partial charge in [-0.2, -0.15) is 0 Å². The average Bonchev–Trinajstić information content (AvgIpc) is 2.88. The number of nitrogens with zero attached hydrogens (tertiary/aromatic N) is 1. The molecule has 2 N–H and O–H groups in total. The second kappa shape index (κ2) is 8.21. The van der Waals surface area contributed by atoms with Crippen LogP contribution in [0.3, 0.4) is 0 Å². The Kier molecular flexibility index (Phi) is 6.28. The van der Waals surface area contributed by atoms with Crippen LogP contribution in [0.5, 0.6) is 0 Å². The molecule has 0 aliphatic rings. The number of rotatable bonds is 9. The molecule has 0 saturated carbocycles. The number of hydrogen-bond donors (Lipinski definition) is 2. The Hall–Kier alpha value is -1.99. The fourth-order valence-electron chi connectivity index (χ4n) is 2.61. The fraction of sp³-hybridized carbons (Fsp3) is 0.471.